The van der Waals surface area contributed by atoms with Gasteiger partial charge in [0.05, 0.1) is 0 Å². The molecule has 6 atom stereocenters. The Morgan fingerprint density at radius 3 is 1.15 bits per heavy atom. The van der Waals surface area contributed by atoms with Gasteiger partial charge >= 0.3 is 24.2 Å². The lowest BCUT2D eigenvalue weighted by molar-refractivity contribution is 0.0693. The molecular weight excluding hydrogens is 612 g/mol. The number of carbonyl (C=O) groups is 4. The number of urea groups is 2. The highest BCUT2D eigenvalue weighted by Crippen LogP contribution is 2.28. The molecule has 6 unspecified atom stereocenters. The van der Waals surface area contributed by atoms with Crippen LogP contribution in [0, 0.1) is 11.8 Å². The number of rotatable bonds is 8. The quantitative estimate of drug-likeness (QED) is 0.182. The minimum atomic E-state index is -0.329. The van der Waals surface area contributed by atoms with Crippen LogP contribution in [0.1, 0.15) is 142 Å². The minimum Gasteiger partial charge on any atom is -0.446 e. The number of amides is 6. The van der Waals surface area contributed by atoms with Gasteiger partial charge in [-0.05, 0) is 127 Å². The molecule has 0 aliphatic heterocycles. The molecule has 0 aromatic carbocycles. The highest BCUT2D eigenvalue weighted by molar-refractivity contribution is 5.75. The molecule has 6 N–H and O–H groups in total. The second kappa shape index (κ2) is 18.2. The predicted octanol–water partition coefficient (Wildman–Crippen LogP) is 6.13. The first-order valence-corrected chi connectivity index (χ1v) is 19.3. The fraction of sp³-hybridized carbons (Fsp3) is 0.889. The van der Waals surface area contributed by atoms with E-state index in [1.165, 1.54) is 12.8 Å². The molecule has 48 heavy (non-hydrogen) atoms. The van der Waals surface area contributed by atoms with Crippen molar-refractivity contribution in [2.45, 2.75) is 191 Å². The first kappa shape index (κ1) is 36.4. The van der Waals surface area contributed by atoms with Crippen LogP contribution < -0.4 is 31.9 Å². The van der Waals surface area contributed by atoms with E-state index < -0.39 is 0 Å². The zero-order valence-electron chi connectivity index (χ0n) is 29.4. The molecule has 0 aromatic rings. The predicted molar refractivity (Wildman–Crippen MR) is 184 cm³/mol. The summed E-state index contributed by atoms with van der Waals surface area (Å²) in [7, 11) is 0. The van der Waals surface area contributed by atoms with Gasteiger partial charge in [0.1, 0.15) is 12.2 Å². The average Bonchev–Trinajstić information content (AvgIpc) is 3.06. The molecule has 0 spiro atoms. The first-order valence-electron chi connectivity index (χ1n) is 19.3. The summed E-state index contributed by atoms with van der Waals surface area (Å²) in [6.45, 7) is 4.31. The van der Waals surface area contributed by atoms with Gasteiger partial charge in [-0.15, -0.1) is 0 Å². The third-order valence-corrected chi connectivity index (χ3v) is 11.7. The van der Waals surface area contributed by atoms with Crippen molar-refractivity contribution < 1.29 is 28.7 Å². The number of carbonyl (C=O) groups excluding carboxylic acids is 4. The second-order valence-corrected chi connectivity index (χ2v) is 15.6. The van der Waals surface area contributed by atoms with Gasteiger partial charge in [0.25, 0.3) is 0 Å². The molecule has 0 bridgehead atoms. The molecule has 5 aliphatic carbocycles. The zero-order chi connectivity index (χ0) is 33.9. The van der Waals surface area contributed by atoms with Gasteiger partial charge < -0.3 is 41.4 Å². The number of hydrogen-bond donors (Lipinski definition) is 6. The van der Waals surface area contributed by atoms with Crippen molar-refractivity contribution in [2.24, 2.45) is 11.8 Å². The van der Waals surface area contributed by atoms with Crippen molar-refractivity contribution >= 4 is 24.2 Å². The highest BCUT2D eigenvalue weighted by atomic mass is 16.6. The van der Waals surface area contributed by atoms with Crippen molar-refractivity contribution in [1.29, 1.82) is 0 Å². The van der Waals surface area contributed by atoms with E-state index in [0.717, 1.165) is 103 Å². The molecule has 5 fully saturated rings. The minimum absolute atomic E-state index is 0.00301. The Morgan fingerprint density at radius 1 is 0.417 bits per heavy atom. The van der Waals surface area contributed by atoms with E-state index in [4.69, 9.17) is 9.47 Å². The average molecular weight is 675 g/mol. The van der Waals surface area contributed by atoms with E-state index >= 15 is 0 Å². The molecule has 0 saturated heterocycles. The van der Waals surface area contributed by atoms with Gasteiger partial charge in [-0.1, -0.05) is 26.7 Å². The number of alkyl carbamates (subject to hydrolysis) is 2. The van der Waals surface area contributed by atoms with Crippen LogP contribution in [0.4, 0.5) is 19.2 Å². The lowest BCUT2D eigenvalue weighted by atomic mass is 9.83. The molecular formula is C36H62N6O6. The third kappa shape index (κ3) is 11.6. The summed E-state index contributed by atoms with van der Waals surface area (Å²) < 4.78 is 11.3. The van der Waals surface area contributed by atoms with Gasteiger partial charge in [0, 0.05) is 36.3 Å². The summed E-state index contributed by atoms with van der Waals surface area (Å²) in [6, 6.07) is -0.244. The summed E-state index contributed by atoms with van der Waals surface area (Å²) in [5, 5.41) is 18.7. The third-order valence-electron chi connectivity index (χ3n) is 11.7. The molecule has 0 radical (unpaired) electrons. The lowest BCUT2D eigenvalue weighted by Gasteiger charge is -2.37. The molecule has 5 rings (SSSR count). The smallest absolute Gasteiger partial charge is 0.407 e. The molecule has 5 saturated carbocycles. The van der Waals surface area contributed by atoms with Gasteiger partial charge in [0.2, 0.25) is 0 Å². The summed E-state index contributed by atoms with van der Waals surface area (Å²) in [6.07, 6.45) is 18.3. The lowest BCUT2D eigenvalue weighted by Crippen LogP contribution is -2.55. The Hall–Kier alpha value is -2.92. The van der Waals surface area contributed by atoms with Gasteiger partial charge in [-0.2, -0.15) is 0 Å². The van der Waals surface area contributed by atoms with E-state index in [1.54, 1.807) is 0 Å². The van der Waals surface area contributed by atoms with Crippen LogP contribution in [0.15, 0.2) is 0 Å². The van der Waals surface area contributed by atoms with Crippen LogP contribution in [0.5, 0.6) is 0 Å². The molecule has 272 valence electrons. The van der Waals surface area contributed by atoms with Crippen LogP contribution in [-0.4, -0.2) is 72.7 Å². The largest absolute Gasteiger partial charge is 0.446 e. The monoisotopic (exact) mass is 674 g/mol. The maximum absolute atomic E-state index is 13.0. The van der Waals surface area contributed by atoms with Gasteiger partial charge in [0.15, 0.2) is 0 Å². The maximum Gasteiger partial charge on any atom is 0.407 e. The SMILES string of the molecule is CC1CCC(NC(=O)OC2CCCCC2)CC1NC(=O)NC1CCC(NC(=O)NC2CC(NC(=O)OC3CCCCC3)CCC2C)CC1. The van der Waals surface area contributed by atoms with Crippen LogP contribution in [0.25, 0.3) is 0 Å². The van der Waals surface area contributed by atoms with Crippen molar-refractivity contribution in [3.8, 4) is 0 Å². The standard InChI is InChI=1S/C36H62N6O6/c1-23-13-15-27(39-35(45)47-29-9-5-3-6-10-29)21-31(23)41-33(43)37-25-17-19-26(20-18-25)38-34(44)42-32-22-28(16-14-24(32)2)40-36(46)48-30-11-7-4-8-12-30/h23-32H,3-22H2,1-2H3,(H,39,45)(H,40,46)(H2,37,41,43)(H2,38,42,44). The van der Waals surface area contributed by atoms with Crippen molar-refractivity contribution in [1.82, 2.24) is 31.9 Å². The van der Waals surface area contributed by atoms with Crippen molar-refractivity contribution in [2.75, 3.05) is 0 Å². The van der Waals surface area contributed by atoms with E-state index in [0.29, 0.717) is 24.7 Å². The van der Waals surface area contributed by atoms with Crippen molar-refractivity contribution in [3.05, 3.63) is 0 Å². The van der Waals surface area contributed by atoms with E-state index in [2.05, 4.69) is 45.7 Å². The zero-order valence-corrected chi connectivity index (χ0v) is 29.4. The number of ether oxygens (including phenoxy) is 2. The molecule has 0 heterocycles. The van der Waals surface area contributed by atoms with Crippen LogP contribution >= 0.6 is 0 Å². The van der Waals surface area contributed by atoms with Gasteiger partial charge in [-0.25, -0.2) is 19.2 Å². The first-order chi connectivity index (χ1) is 23.2. The molecule has 12 nitrogen and oxygen atoms in total. The molecule has 6 amide bonds. The van der Waals surface area contributed by atoms with E-state index in [9.17, 15) is 19.2 Å². The van der Waals surface area contributed by atoms with Crippen LogP contribution in [0.2, 0.25) is 0 Å². The Kier molecular flexibility index (Phi) is 13.8. The topological polar surface area (TPSA) is 159 Å². The van der Waals surface area contributed by atoms with Crippen LogP contribution in [0.3, 0.4) is 0 Å². The van der Waals surface area contributed by atoms with Crippen LogP contribution in [-0.2, 0) is 9.47 Å². The Bertz CT molecular complexity index is 976. The fourth-order valence-electron chi connectivity index (χ4n) is 8.55. The Morgan fingerprint density at radius 2 is 0.771 bits per heavy atom. The highest BCUT2D eigenvalue weighted by Gasteiger charge is 2.33. The number of nitrogens with one attached hydrogen (secondary N) is 6. The normalized spacial score (nSPS) is 33.4. The fourth-order valence-corrected chi connectivity index (χ4v) is 8.55. The van der Waals surface area contributed by atoms with E-state index in [1.807, 2.05) is 0 Å². The van der Waals surface area contributed by atoms with Gasteiger partial charge in [-0.3, -0.25) is 0 Å². The molecule has 5 aliphatic rings. The van der Waals surface area contributed by atoms with E-state index in [-0.39, 0.29) is 72.7 Å². The maximum atomic E-state index is 13.0. The van der Waals surface area contributed by atoms with Crippen molar-refractivity contribution in [3.63, 3.8) is 0 Å². The second-order valence-electron chi connectivity index (χ2n) is 15.6. The number of hydrogen-bond acceptors (Lipinski definition) is 6. The summed E-state index contributed by atoms with van der Waals surface area (Å²) in [5.41, 5.74) is 0. The Labute approximate surface area is 287 Å². The summed E-state index contributed by atoms with van der Waals surface area (Å²) in [4.78, 5) is 50.9. The molecule has 0 aromatic heterocycles. The summed E-state index contributed by atoms with van der Waals surface area (Å²) in [5.74, 6) is 0.657. The Balaban J connectivity index is 0.962. The molecule has 12 heteroatoms. The summed E-state index contributed by atoms with van der Waals surface area (Å²) >= 11 is 0.